The first-order valence-electron chi connectivity index (χ1n) is 4.36. The third-order valence-corrected chi connectivity index (χ3v) is 2.34. The van der Waals surface area contributed by atoms with Crippen LogP contribution in [0.15, 0.2) is 30.3 Å². The lowest BCUT2D eigenvalue weighted by Gasteiger charge is -2.03. The van der Waals surface area contributed by atoms with E-state index in [4.69, 9.17) is 11.6 Å². The van der Waals surface area contributed by atoms with Gasteiger partial charge >= 0.3 is 5.97 Å². The number of esters is 1. The summed E-state index contributed by atoms with van der Waals surface area (Å²) in [5, 5.41) is 1.20. The van der Waals surface area contributed by atoms with Crippen molar-refractivity contribution in [3.63, 3.8) is 0 Å². The summed E-state index contributed by atoms with van der Waals surface area (Å²) in [6, 6.07) is 9.14. The van der Waals surface area contributed by atoms with Gasteiger partial charge < -0.3 is 4.74 Å². The van der Waals surface area contributed by atoms with E-state index in [-0.39, 0.29) is 5.69 Å². The number of para-hydroxylation sites is 1. The number of halogens is 1. The Morgan fingerprint density at radius 2 is 2.13 bits per heavy atom. The molecule has 0 aliphatic rings. The molecule has 2 aromatic rings. The maximum absolute atomic E-state index is 11.3. The van der Waals surface area contributed by atoms with Crippen molar-refractivity contribution in [2.24, 2.45) is 0 Å². The molecule has 2 rings (SSSR count). The predicted molar refractivity (Wildman–Crippen MR) is 58.1 cm³/mol. The standard InChI is InChI=1S/C11H8ClNO2/c1-15-11(14)10-8(12)6-7-4-2-3-5-9(7)13-10/h2-6H,1H3. The summed E-state index contributed by atoms with van der Waals surface area (Å²) in [5.41, 5.74) is 0.875. The third-order valence-electron chi connectivity index (χ3n) is 2.06. The molecule has 76 valence electrons. The summed E-state index contributed by atoms with van der Waals surface area (Å²) >= 11 is 5.91. The van der Waals surface area contributed by atoms with Gasteiger partial charge in [-0.15, -0.1) is 0 Å². The zero-order valence-electron chi connectivity index (χ0n) is 8.03. The molecule has 0 fully saturated rings. The Kier molecular flexibility index (Phi) is 2.56. The van der Waals surface area contributed by atoms with E-state index < -0.39 is 5.97 Å². The Morgan fingerprint density at radius 3 is 2.87 bits per heavy atom. The third kappa shape index (κ3) is 1.78. The normalized spacial score (nSPS) is 10.3. The van der Waals surface area contributed by atoms with Crippen molar-refractivity contribution in [3.05, 3.63) is 41.0 Å². The summed E-state index contributed by atoms with van der Waals surface area (Å²) in [7, 11) is 1.30. The zero-order chi connectivity index (χ0) is 10.8. The number of aromatic nitrogens is 1. The lowest BCUT2D eigenvalue weighted by molar-refractivity contribution is 0.0595. The van der Waals surface area contributed by atoms with Crippen LogP contribution >= 0.6 is 11.6 Å². The molecule has 0 saturated heterocycles. The molecule has 15 heavy (non-hydrogen) atoms. The molecular formula is C11H8ClNO2. The second-order valence-corrected chi connectivity index (χ2v) is 3.41. The van der Waals surface area contributed by atoms with Crippen LogP contribution in [-0.4, -0.2) is 18.1 Å². The van der Waals surface area contributed by atoms with Crippen LogP contribution in [0.4, 0.5) is 0 Å². The van der Waals surface area contributed by atoms with Crippen molar-refractivity contribution in [2.45, 2.75) is 0 Å². The summed E-state index contributed by atoms with van der Waals surface area (Å²) in [6.45, 7) is 0. The van der Waals surface area contributed by atoms with Crippen molar-refractivity contribution in [2.75, 3.05) is 7.11 Å². The van der Waals surface area contributed by atoms with E-state index in [9.17, 15) is 4.79 Å². The minimum atomic E-state index is -0.522. The Labute approximate surface area is 91.6 Å². The van der Waals surface area contributed by atoms with E-state index in [2.05, 4.69) is 9.72 Å². The van der Waals surface area contributed by atoms with E-state index >= 15 is 0 Å². The van der Waals surface area contributed by atoms with E-state index in [1.807, 2.05) is 24.3 Å². The van der Waals surface area contributed by atoms with Gasteiger partial charge in [0.05, 0.1) is 17.6 Å². The smallest absolute Gasteiger partial charge is 0.358 e. The van der Waals surface area contributed by atoms with Crippen LogP contribution in [0.25, 0.3) is 10.9 Å². The van der Waals surface area contributed by atoms with Crippen LogP contribution in [0.2, 0.25) is 5.02 Å². The van der Waals surface area contributed by atoms with Crippen LogP contribution < -0.4 is 0 Å². The SMILES string of the molecule is COC(=O)c1nc2ccccc2cc1Cl. The molecule has 0 aliphatic heterocycles. The average Bonchev–Trinajstić information content (AvgIpc) is 2.27. The molecule has 3 nitrogen and oxygen atoms in total. The van der Waals surface area contributed by atoms with E-state index in [1.54, 1.807) is 6.07 Å². The van der Waals surface area contributed by atoms with Crippen molar-refractivity contribution < 1.29 is 9.53 Å². The molecule has 0 atom stereocenters. The minimum absolute atomic E-state index is 0.151. The maximum atomic E-state index is 11.3. The highest BCUT2D eigenvalue weighted by Crippen LogP contribution is 2.21. The van der Waals surface area contributed by atoms with Gasteiger partial charge in [-0.2, -0.15) is 0 Å². The maximum Gasteiger partial charge on any atom is 0.358 e. The second kappa shape index (κ2) is 3.87. The van der Waals surface area contributed by atoms with Crippen molar-refractivity contribution in [1.29, 1.82) is 0 Å². The first kappa shape index (κ1) is 9.93. The molecule has 0 amide bonds. The lowest BCUT2D eigenvalue weighted by atomic mass is 10.2. The quantitative estimate of drug-likeness (QED) is 0.695. The molecule has 4 heteroatoms. The first-order chi connectivity index (χ1) is 7.22. The number of nitrogens with zero attached hydrogens (tertiary/aromatic N) is 1. The molecule has 1 heterocycles. The van der Waals surface area contributed by atoms with Gasteiger partial charge in [-0.3, -0.25) is 0 Å². The largest absolute Gasteiger partial charge is 0.464 e. The molecule has 0 saturated carbocycles. The highest BCUT2D eigenvalue weighted by Gasteiger charge is 2.13. The van der Waals surface area contributed by atoms with Gasteiger partial charge in [0.15, 0.2) is 5.69 Å². The number of benzene rings is 1. The van der Waals surface area contributed by atoms with Crippen molar-refractivity contribution in [3.8, 4) is 0 Å². The number of hydrogen-bond acceptors (Lipinski definition) is 3. The zero-order valence-corrected chi connectivity index (χ0v) is 8.78. The van der Waals surface area contributed by atoms with Gasteiger partial charge in [0.2, 0.25) is 0 Å². The van der Waals surface area contributed by atoms with Gasteiger partial charge in [-0.1, -0.05) is 29.8 Å². The van der Waals surface area contributed by atoms with Crippen LogP contribution in [0, 0.1) is 0 Å². The monoisotopic (exact) mass is 221 g/mol. The summed E-state index contributed by atoms with van der Waals surface area (Å²) in [4.78, 5) is 15.4. The first-order valence-corrected chi connectivity index (χ1v) is 4.74. The van der Waals surface area contributed by atoms with E-state index in [0.29, 0.717) is 5.02 Å². The number of pyridine rings is 1. The van der Waals surface area contributed by atoms with Gasteiger partial charge in [0.25, 0.3) is 0 Å². The summed E-state index contributed by atoms with van der Waals surface area (Å²) in [5.74, 6) is -0.522. The number of fused-ring (bicyclic) bond motifs is 1. The number of ether oxygens (including phenoxy) is 1. The van der Waals surface area contributed by atoms with Gasteiger partial charge in [0.1, 0.15) is 0 Å². The molecule has 0 aliphatic carbocycles. The number of rotatable bonds is 1. The fourth-order valence-electron chi connectivity index (χ4n) is 1.33. The lowest BCUT2D eigenvalue weighted by Crippen LogP contribution is -2.05. The number of carbonyl (C=O) groups is 1. The van der Waals surface area contributed by atoms with Crippen LogP contribution in [0.3, 0.4) is 0 Å². The Balaban J connectivity index is 2.67. The molecule has 0 radical (unpaired) electrons. The molecular weight excluding hydrogens is 214 g/mol. The van der Waals surface area contributed by atoms with Crippen LogP contribution in [0.5, 0.6) is 0 Å². The topological polar surface area (TPSA) is 39.2 Å². The number of methoxy groups -OCH3 is 1. The number of hydrogen-bond donors (Lipinski definition) is 0. The molecule has 0 spiro atoms. The minimum Gasteiger partial charge on any atom is -0.464 e. The van der Waals surface area contributed by atoms with Crippen LogP contribution in [0.1, 0.15) is 10.5 Å². The van der Waals surface area contributed by atoms with Crippen molar-refractivity contribution in [1.82, 2.24) is 4.98 Å². The molecule has 0 unspecified atom stereocenters. The molecule has 1 aromatic carbocycles. The highest BCUT2D eigenvalue weighted by molar-refractivity contribution is 6.34. The van der Waals surface area contributed by atoms with Gasteiger partial charge in [0, 0.05) is 5.39 Å². The molecule has 1 aromatic heterocycles. The van der Waals surface area contributed by atoms with Crippen LogP contribution in [-0.2, 0) is 4.74 Å². The molecule has 0 N–H and O–H groups in total. The average molecular weight is 222 g/mol. The molecule has 0 bridgehead atoms. The Bertz CT molecular complexity index is 525. The van der Waals surface area contributed by atoms with Gasteiger partial charge in [-0.05, 0) is 12.1 Å². The second-order valence-electron chi connectivity index (χ2n) is 3.00. The summed E-state index contributed by atoms with van der Waals surface area (Å²) in [6.07, 6.45) is 0. The number of carbonyl (C=O) groups excluding carboxylic acids is 1. The predicted octanol–water partition coefficient (Wildman–Crippen LogP) is 2.67. The highest BCUT2D eigenvalue weighted by atomic mass is 35.5. The van der Waals surface area contributed by atoms with Gasteiger partial charge in [-0.25, -0.2) is 9.78 Å². The van der Waals surface area contributed by atoms with E-state index in [0.717, 1.165) is 10.9 Å². The fraction of sp³-hybridized carbons (Fsp3) is 0.0909. The Hall–Kier alpha value is -1.61. The summed E-state index contributed by atoms with van der Waals surface area (Å²) < 4.78 is 4.58. The fourth-order valence-corrected chi connectivity index (χ4v) is 1.57. The van der Waals surface area contributed by atoms with Crippen molar-refractivity contribution >= 4 is 28.5 Å². The Morgan fingerprint density at radius 1 is 1.40 bits per heavy atom. The van der Waals surface area contributed by atoms with E-state index in [1.165, 1.54) is 7.11 Å².